The van der Waals surface area contributed by atoms with Gasteiger partial charge >= 0.3 is 0 Å². The second-order valence-electron chi connectivity index (χ2n) is 3.72. The van der Waals surface area contributed by atoms with Crippen LogP contribution in [0.2, 0.25) is 0 Å². The zero-order valence-corrected chi connectivity index (χ0v) is 10.8. The number of halogens is 1. The first-order chi connectivity index (χ1) is 7.54. The lowest BCUT2D eigenvalue weighted by Gasteiger charge is -2.10. The summed E-state index contributed by atoms with van der Waals surface area (Å²) in [4.78, 5) is 11.6. The highest BCUT2D eigenvalue weighted by Gasteiger charge is 2.12. The zero-order chi connectivity index (χ0) is 12.1. The molecule has 1 unspecified atom stereocenters. The van der Waals surface area contributed by atoms with E-state index in [2.05, 4.69) is 21.2 Å². The Morgan fingerprint density at radius 2 is 2.31 bits per heavy atom. The Kier molecular flexibility index (Phi) is 4.51. The van der Waals surface area contributed by atoms with E-state index < -0.39 is 0 Å². The lowest BCUT2D eigenvalue weighted by Crippen LogP contribution is -2.19. The summed E-state index contributed by atoms with van der Waals surface area (Å²) in [6.07, 6.45) is 0.235. The molecule has 0 aliphatic rings. The summed E-state index contributed by atoms with van der Waals surface area (Å²) in [5.74, 6) is -0.414. The number of nitrogens with one attached hydrogen (secondary N) is 1. The summed E-state index contributed by atoms with van der Waals surface area (Å²) in [6, 6.07) is 7.61. The number of carbonyl (C=O) groups excluding carboxylic acids is 1. The lowest BCUT2D eigenvalue weighted by molar-refractivity contribution is -0.119. The third-order valence-electron chi connectivity index (χ3n) is 2.28. The summed E-state index contributed by atoms with van der Waals surface area (Å²) in [7, 11) is 0. The Labute approximate surface area is 104 Å². The van der Waals surface area contributed by atoms with Crippen LogP contribution < -0.4 is 5.32 Å². The molecule has 0 bridgehead atoms. The molecular formula is C12H13BrN2O. The molecule has 0 aliphatic heterocycles. The van der Waals surface area contributed by atoms with Gasteiger partial charge in [0.05, 0.1) is 6.07 Å². The average molecular weight is 281 g/mol. The van der Waals surface area contributed by atoms with Crippen LogP contribution in [-0.2, 0) is 4.79 Å². The molecule has 0 radical (unpaired) electrons. The van der Waals surface area contributed by atoms with E-state index in [0.29, 0.717) is 0 Å². The van der Waals surface area contributed by atoms with Crippen molar-refractivity contribution < 1.29 is 4.79 Å². The number of hydrogen-bond donors (Lipinski definition) is 1. The average Bonchev–Trinajstić information content (AvgIpc) is 2.24. The number of aryl methyl sites for hydroxylation is 1. The fourth-order valence-corrected chi connectivity index (χ4v) is 1.54. The van der Waals surface area contributed by atoms with Crippen molar-refractivity contribution in [2.75, 3.05) is 5.32 Å². The van der Waals surface area contributed by atoms with Crippen LogP contribution in [0, 0.1) is 24.2 Å². The van der Waals surface area contributed by atoms with Crippen molar-refractivity contribution in [1.29, 1.82) is 5.26 Å². The smallest absolute Gasteiger partial charge is 0.228 e. The van der Waals surface area contributed by atoms with Gasteiger partial charge in [-0.15, -0.1) is 0 Å². The number of carbonyl (C=O) groups is 1. The number of nitrogens with zero attached hydrogens (tertiary/aromatic N) is 1. The van der Waals surface area contributed by atoms with Crippen LogP contribution in [0.3, 0.4) is 0 Å². The summed E-state index contributed by atoms with van der Waals surface area (Å²) in [5, 5.41) is 11.3. The fraction of sp³-hybridized carbons (Fsp3) is 0.333. The molecule has 1 rings (SSSR count). The fourth-order valence-electron chi connectivity index (χ4n) is 1.17. The van der Waals surface area contributed by atoms with E-state index in [1.54, 1.807) is 6.92 Å². The molecule has 1 amide bonds. The number of amides is 1. The monoisotopic (exact) mass is 280 g/mol. The van der Waals surface area contributed by atoms with Crippen LogP contribution in [-0.4, -0.2) is 5.91 Å². The Morgan fingerprint density at radius 1 is 1.62 bits per heavy atom. The molecule has 0 aliphatic carbocycles. The number of hydrogen-bond acceptors (Lipinski definition) is 2. The van der Waals surface area contributed by atoms with Gasteiger partial charge < -0.3 is 5.32 Å². The van der Waals surface area contributed by atoms with Crippen molar-refractivity contribution in [3.8, 4) is 6.07 Å². The summed E-state index contributed by atoms with van der Waals surface area (Å²) in [6.45, 7) is 3.72. The topological polar surface area (TPSA) is 52.9 Å². The van der Waals surface area contributed by atoms with E-state index in [-0.39, 0.29) is 18.2 Å². The van der Waals surface area contributed by atoms with Crippen LogP contribution in [0.25, 0.3) is 0 Å². The molecule has 0 fully saturated rings. The Morgan fingerprint density at radius 3 is 2.88 bits per heavy atom. The molecule has 16 heavy (non-hydrogen) atoms. The van der Waals surface area contributed by atoms with E-state index in [1.807, 2.05) is 31.2 Å². The molecule has 1 aromatic carbocycles. The molecule has 0 spiro atoms. The Hall–Kier alpha value is -1.34. The van der Waals surface area contributed by atoms with Gasteiger partial charge in [0.1, 0.15) is 0 Å². The van der Waals surface area contributed by atoms with Gasteiger partial charge in [-0.05, 0) is 24.6 Å². The predicted octanol–water partition coefficient (Wildman–Crippen LogP) is 3.25. The van der Waals surface area contributed by atoms with Crippen molar-refractivity contribution in [2.24, 2.45) is 5.92 Å². The molecule has 1 aromatic rings. The third kappa shape index (κ3) is 3.35. The van der Waals surface area contributed by atoms with Crippen molar-refractivity contribution in [1.82, 2.24) is 0 Å². The van der Waals surface area contributed by atoms with Gasteiger partial charge in [-0.3, -0.25) is 4.79 Å². The lowest BCUT2D eigenvalue weighted by atomic mass is 10.1. The van der Waals surface area contributed by atoms with E-state index in [4.69, 9.17) is 5.26 Å². The third-order valence-corrected chi connectivity index (χ3v) is 3.14. The van der Waals surface area contributed by atoms with Crippen LogP contribution >= 0.6 is 15.9 Å². The molecule has 0 heterocycles. The van der Waals surface area contributed by atoms with Gasteiger partial charge in [0, 0.05) is 22.5 Å². The van der Waals surface area contributed by atoms with Gasteiger partial charge in [-0.25, -0.2) is 0 Å². The van der Waals surface area contributed by atoms with E-state index >= 15 is 0 Å². The number of rotatable bonds is 3. The van der Waals surface area contributed by atoms with Gasteiger partial charge in [-0.1, -0.05) is 28.9 Å². The van der Waals surface area contributed by atoms with Crippen molar-refractivity contribution in [3.63, 3.8) is 0 Å². The first-order valence-corrected chi connectivity index (χ1v) is 5.78. The molecule has 3 nitrogen and oxygen atoms in total. The molecular weight excluding hydrogens is 268 g/mol. The van der Waals surface area contributed by atoms with Crippen molar-refractivity contribution in [3.05, 3.63) is 28.2 Å². The second kappa shape index (κ2) is 5.66. The minimum Gasteiger partial charge on any atom is -0.326 e. The van der Waals surface area contributed by atoms with E-state index in [1.165, 1.54) is 0 Å². The van der Waals surface area contributed by atoms with Gasteiger partial charge in [-0.2, -0.15) is 5.26 Å². The quantitative estimate of drug-likeness (QED) is 0.924. The molecule has 84 valence electrons. The Balaban J connectivity index is 2.70. The molecule has 1 N–H and O–H groups in total. The maximum absolute atomic E-state index is 11.6. The van der Waals surface area contributed by atoms with Crippen LogP contribution in [0.1, 0.15) is 18.9 Å². The first kappa shape index (κ1) is 12.7. The summed E-state index contributed by atoms with van der Waals surface area (Å²) in [5.41, 5.74) is 1.86. The normalized spacial score (nSPS) is 11.6. The molecule has 1 atom stereocenters. The summed E-state index contributed by atoms with van der Waals surface area (Å²) < 4.78 is 0.957. The minimum absolute atomic E-state index is 0.127. The molecule has 0 saturated carbocycles. The zero-order valence-electron chi connectivity index (χ0n) is 9.25. The number of nitriles is 1. The van der Waals surface area contributed by atoms with E-state index in [0.717, 1.165) is 15.7 Å². The highest BCUT2D eigenvalue weighted by atomic mass is 79.9. The Bertz CT molecular complexity index is 437. The predicted molar refractivity (Wildman–Crippen MR) is 66.9 cm³/mol. The molecule has 0 saturated heterocycles. The largest absolute Gasteiger partial charge is 0.326 e. The van der Waals surface area contributed by atoms with Gasteiger partial charge in [0.15, 0.2) is 0 Å². The highest BCUT2D eigenvalue weighted by Crippen LogP contribution is 2.21. The van der Waals surface area contributed by atoms with Crippen LogP contribution in [0.15, 0.2) is 22.7 Å². The SMILES string of the molecule is Cc1ccc(NC(=O)C(C)CC#N)cc1Br. The van der Waals surface area contributed by atoms with Gasteiger partial charge in [0.25, 0.3) is 0 Å². The van der Waals surface area contributed by atoms with E-state index in [9.17, 15) is 4.79 Å². The maximum Gasteiger partial charge on any atom is 0.228 e. The standard InChI is InChI=1S/C12H13BrN2O/c1-8-3-4-10(7-11(8)13)15-12(16)9(2)5-6-14/h3-4,7,9H,5H2,1-2H3,(H,15,16). The van der Waals surface area contributed by atoms with Crippen molar-refractivity contribution >= 4 is 27.5 Å². The summed E-state index contributed by atoms with van der Waals surface area (Å²) >= 11 is 3.40. The van der Waals surface area contributed by atoms with Crippen molar-refractivity contribution in [2.45, 2.75) is 20.3 Å². The number of benzene rings is 1. The minimum atomic E-state index is -0.287. The second-order valence-corrected chi connectivity index (χ2v) is 4.57. The van der Waals surface area contributed by atoms with Gasteiger partial charge in [0.2, 0.25) is 5.91 Å². The number of anilines is 1. The van der Waals surface area contributed by atoms with Crippen LogP contribution in [0.5, 0.6) is 0 Å². The highest BCUT2D eigenvalue weighted by molar-refractivity contribution is 9.10. The molecule has 4 heteroatoms. The van der Waals surface area contributed by atoms with Crippen LogP contribution in [0.4, 0.5) is 5.69 Å². The maximum atomic E-state index is 11.6. The molecule has 0 aromatic heterocycles. The first-order valence-electron chi connectivity index (χ1n) is 4.98.